The van der Waals surface area contributed by atoms with Crippen molar-refractivity contribution in [3.8, 4) is 5.75 Å². The molecule has 3 aromatic rings. The van der Waals surface area contributed by atoms with E-state index in [0.717, 1.165) is 34.2 Å². The number of carbonyl (C=O) groups is 1. The van der Waals surface area contributed by atoms with Crippen molar-refractivity contribution < 1.29 is 9.53 Å². The Morgan fingerprint density at radius 2 is 1.96 bits per heavy atom. The highest BCUT2D eigenvalue weighted by Crippen LogP contribution is 2.42. The van der Waals surface area contributed by atoms with Gasteiger partial charge in [0.05, 0.1) is 10.7 Å². The summed E-state index contributed by atoms with van der Waals surface area (Å²) in [5.41, 5.74) is 2.69. The van der Waals surface area contributed by atoms with Gasteiger partial charge in [-0.05, 0) is 64.5 Å². The molecule has 2 N–H and O–H groups in total. The second-order valence-corrected chi connectivity index (χ2v) is 7.20. The number of hydrogen-bond donors (Lipinski definition) is 2. The van der Waals surface area contributed by atoms with Crippen LogP contribution in [-0.2, 0) is 6.61 Å². The number of H-pyrrole nitrogens is 1. The smallest absolute Gasteiger partial charge is 0.256 e. The number of benzene rings is 2. The van der Waals surface area contributed by atoms with Crippen molar-refractivity contribution in [3.05, 3.63) is 75.9 Å². The summed E-state index contributed by atoms with van der Waals surface area (Å²) in [4.78, 5) is 12.4. The normalized spacial score (nSPS) is 13.4. The van der Waals surface area contributed by atoms with Gasteiger partial charge >= 0.3 is 0 Å². The van der Waals surface area contributed by atoms with E-state index in [1.54, 1.807) is 18.3 Å². The molecule has 5 nitrogen and oxygen atoms in total. The van der Waals surface area contributed by atoms with E-state index >= 15 is 0 Å². The Labute approximate surface area is 159 Å². The molecule has 0 spiro atoms. The van der Waals surface area contributed by atoms with Gasteiger partial charge < -0.3 is 10.1 Å². The number of ether oxygens (including phenoxy) is 1. The lowest BCUT2D eigenvalue weighted by Crippen LogP contribution is -2.13. The van der Waals surface area contributed by atoms with Crippen LogP contribution in [0.3, 0.4) is 0 Å². The minimum absolute atomic E-state index is 0.144. The summed E-state index contributed by atoms with van der Waals surface area (Å²) in [5, 5.41) is 9.84. The molecular formula is C20H18BrN3O2. The molecule has 0 atom stereocenters. The first-order valence-corrected chi connectivity index (χ1v) is 9.31. The zero-order valence-corrected chi connectivity index (χ0v) is 15.6. The van der Waals surface area contributed by atoms with Gasteiger partial charge in [0.15, 0.2) is 0 Å². The van der Waals surface area contributed by atoms with E-state index in [9.17, 15) is 4.79 Å². The van der Waals surface area contributed by atoms with Gasteiger partial charge in [0.1, 0.15) is 18.2 Å². The monoisotopic (exact) mass is 411 g/mol. The van der Waals surface area contributed by atoms with Gasteiger partial charge in [-0.2, -0.15) is 5.10 Å². The third-order valence-electron chi connectivity index (χ3n) is 4.37. The van der Waals surface area contributed by atoms with Gasteiger partial charge in [0.25, 0.3) is 5.91 Å². The van der Waals surface area contributed by atoms with Crippen LogP contribution in [0.25, 0.3) is 0 Å². The van der Waals surface area contributed by atoms with E-state index in [4.69, 9.17) is 4.74 Å². The molecule has 132 valence electrons. The van der Waals surface area contributed by atoms with Crippen molar-refractivity contribution in [2.45, 2.75) is 25.4 Å². The van der Waals surface area contributed by atoms with Crippen molar-refractivity contribution in [3.63, 3.8) is 0 Å². The SMILES string of the molecule is O=C(Nc1[nH]ncc1C1CC1)c1ccc(COc2ccccc2Br)cc1. The van der Waals surface area contributed by atoms with Crippen molar-refractivity contribution >= 4 is 27.7 Å². The second kappa shape index (κ2) is 7.33. The van der Waals surface area contributed by atoms with Crippen molar-refractivity contribution in [2.75, 3.05) is 5.32 Å². The number of nitrogens with one attached hydrogen (secondary N) is 2. The van der Waals surface area contributed by atoms with Crippen LogP contribution >= 0.6 is 15.9 Å². The molecule has 0 bridgehead atoms. The Morgan fingerprint density at radius 1 is 1.19 bits per heavy atom. The number of halogens is 1. The molecule has 0 aliphatic heterocycles. The summed E-state index contributed by atoms with van der Waals surface area (Å²) in [6, 6.07) is 15.1. The molecule has 6 heteroatoms. The summed E-state index contributed by atoms with van der Waals surface area (Å²) < 4.78 is 6.72. The van der Waals surface area contributed by atoms with Crippen molar-refractivity contribution in [2.24, 2.45) is 0 Å². The maximum absolute atomic E-state index is 12.4. The zero-order chi connectivity index (χ0) is 17.9. The molecule has 1 aromatic heterocycles. The predicted molar refractivity (Wildman–Crippen MR) is 103 cm³/mol. The molecule has 4 rings (SSSR count). The number of rotatable bonds is 6. The standard InChI is InChI=1S/C20H18BrN3O2/c21-17-3-1-2-4-18(17)26-12-13-5-7-15(8-6-13)20(25)23-19-16(11-22-24-19)14-9-10-14/h1-8,11,14H,9-10,12H2,(H2,22,23,24,25). The highest BCUT2D eigenvalue weighted by Gasteiger charge is 2.28. The first kappa shape index (κ1) is 16.8. The molecule has 0 radical (unpaired) electrons. The van der Waals surface area contributed by atoms with Crippen LogP contribution in [0.15, 0.2) is 59.2 Å². The van der Waals surface area contributed by atoms with E-state index < -0.39 is 0 Å². The predicted octanol–water partition coefficient (Wildman–Crippen LogP) is 4.88. The minimum atomic E-state index is -0.144. The van der Waals surface area contributed by atoms with Gasteiger partial charge in [0, 0.05) is 11.1 Å². The van der Waals surface area contributed by atoms with Crippen LogP contribution < -0.4 is 10.1 Å². The molecule has 0 saturated heterocycles. The number of aromatic nitrogens is 2. The topological polar surface area (TPSA) is 67.0 Å². The summed E-state index contributed by atoms with van der Waals surface area (Å²) >= 11 is 3.46. The minimum Gasteiger partial charge on any atom is -0.488 e. The Bertz CT molecular complexity index is 917. The van der Waals surface area contributed by atoms with Crippen LogP contribution in [0, 0.1) is 0 Å². The number of nitrogens with zero attached hydrogens (tertiary/aromatic N) is 1. The quantitative estimate of drug-likeness (QED) is 0.607. The molecule has 1 amide bonds. The van der Waals surface area contributed by atoms with Gasteiger partial charge in [0.2, 0.25) is 0 Å². The van der Waals surface area contributed by atoms with E-state index in [1.807, 2.05) is 36.4 Å². The molecule has 2 aromatic carbocycles. The Balaban J connectivity index is 1.38. The fraction of sp³-hybridized carbons (Fsp3) is 0.200. The summed E-state index contributed by atoms with van der Waals surface area (Å²) in [6.07, 6.45) is 4.12. The molecule has 1 aliphatic rings. The Hall–Kier alpha value is -2.60. The highest BCUT2D eigenvalue weighted by atomic mass is 79.9. The third kappa shape index (κ3) is 3.80. The zero-order valence-electron chi connectivity index (χ0n) is 14.0. The Morgan fingerprint density at radius 3 is 2.69 bits per heavy atom. The van der Waals surface area contributed by atoms with E-state index in [0.29, 0.717) is 23.9 Å². The maximum Gasteiger partial charge on any atom is 0.256 e. The lowest BCUT2D eigenvalue weighted by atomic mass is 10.1. The summed E-state index contributed by atoms with van der Waals surface area (Å²) in [7, 11) is 0. The van der Waals surface area contributed by atoms with Crippen LogP contribution in [0.4, 0.5) is 5.82 Å². The second-order valence-electron chi connectivity index (χ2n) is 6.34. The van der Waals surface area contributed by atoms with E-state index in [1.165, 1.54) is 0 Å². The number of hydrogen-bond acceptors (Lipinski definition) is 3. The number of para-hydroxylation sites is 1. The van der Waals surface area contributed by atoms with Gasteiger partial charge in [-0.25, -0.2) is 0 Å². The number of carbonyl (C=O) groups excluding carboxylic acids is 1. The molecule has 1 aliphatic carbocycles. The van der Waals surface area contributed by atoms with Gasteiger partial charge in [-0.15, -0.1) is 0 Å². The Kier molecular flexibility index (Phi) is 4.75. The molecular weight excluding hydrogens is 394 g/mol. The van der Waals surface area contributed by atoms with E-state index in [2.05, 4.69) is 31.4 Å². The van der Waals surface area contributed by atoms with Crippen molar-refractivity contribution in [1.29, 1.82) is 0 Å². The average molecular weight is 412 g/mol. The summed E-state index contributed by atoms with van der Waals surface area (Å²) in [6.45, 7) is 0.441. The van der Waals surface area contributed by atoms with Crippen LogP contribution in [0.1, 0.15) is 40.2 Å². The maximum atomic E-state index is 12.4. The molecule has 1 heterocycles. The first-order valence-electron chi connectivity index (χ1n) is 8.51. The first-order chi connectivity index (χ1) is 12.7. The average Bonchev–Trinajstić information content (AvgIpc) is 3.41. The van der Waals surface area contributed by atoms with Gasteiger partial charge in [-0.1, -0.05) is 24.3 Å². The van der Waals surface area contributed by atoms with Crippen LogP contribution in [0.5, 0.6) is 5.75 Å². The molecule has 0 unspecified atom stereocenters. The van der Waals surface area contributed by atoms with E-state index in [-0.39, 0.29) is 5.91 Å². The highest BCUT2D eigenvalue weighted by molar-refractivity contribution is 9.10. The van der Waals surface area contributed by atoms with Crippen molar-refractivity contribution in [1.82, 2.24) is 10.2 Å². The van der Waals surface area contributed by atoms with Gasteiger partial charge in [-0.3, -0.25) is 9.89 Å². The summed E-state index contributed by atoms with van der Waals surface area (Å²) in [5.74, 6) is 1.88. The van der Waals surface area contributed by atoms with Crippen LogP contribution in [0.2, 0.25) is 0 Å². The number of amides is 1. The molecule has 1 saturated carbocycles. The third-order valence-corrected chi connectivity index (χ3v) is 5.03. The fourth-order valence-corrected chi connectivity index (χ4v) is 3.16. The number of anilines is 1. The number of aromatic amines is 1. The lowest BCUT2D eigenvalue weighted by molar-refractivity contribution is 0.102. The largest absolute Gasteiger partial charge is 0.488 e. The lowest BCUT2D eigenvalue weighted by Gasteiger charge is -2.09. The fourth-order valence-electron chi connectivity index (χ4n) is 2.76. The van der Waals surface area contributed by atoms with Crippen LogP contribution in [-0.4, -0.2) is 16.1 Å². The molecule has 26 heavy (non-hydrogen) atoms. The molecule has 1 fully saturated rings.